The Labute approximate surface area is 155 Å². The molecule has 2 heterocycles. The van der Waals surface area contributed by atoms with E-state index in [1.165, 1.54) is 19.3 Å². The molecule has 0 N–H and O–H groups in total. The van der Waals surface area contributed by atoms with Gasteiger partial charge in [0.15, 0.2) is 0 Å². The summed E-state index contributed by atoms with van der Waals surface area (Å²) in [5, 5.41) is 0. The van der Waals surface area contributed by atoms with E-state index in [1.54, 1.807) is 0 Å². The molecule has 3 aliphatic rings. The van der Waals surface area contributed by atoms with Gasteiger partial charge in [0.25, 0.3) is 5.91 Å². The second-order valence-corrected chi connectivity index (χ2v) is 8.54. The van der Waals surface area contributed by atoms with Crippen LogP contribution in [-0.4, -0.2) is 28.9 Å². The Hall–Kier alpha value is -2.16. The van der Waals surface area contributed by atoms with Crippen molar-refractivity contribution in [2.24, 2.45) is 23.7 Å². The molecule has 1 amide bonds. The van der Waals surface area contributed by atoms with E-state index in [0.717, 1.165) is 64.8 Å². The zero-order chi connectivity index (χ0) is 17.8. The van der Waals surface area contributed by atoms with Gasteiger partial charge in [-0.3, -0.25) is 9.78 Å². The van der Waals surface area contributed by atoms with Crippen LogP contribution in [0.25, 0.3) is 11.1 Å². The number of carbonyl (C=O) groups is 1. The van der Waals surface area contributed by atoms with Gasteiger partial charge in [0.2, 0.25) is 0 Å². The van der Waals surface area contributed by atoms with Crippen molar-refractivity contribution in [1.82, 2.24) is 9.88 Å². The molecule has 134 valence electrons. The predicted molar refractivity (Wildman–Crippen MR) is 103 cm³/mol. The minimum atomic E-state index is 0.207. The van der Waals surface area contributed by atoms with Gasteiger partial charge in [-0.2, -0.15) is 0 Å². The third-order valence-electron chi connectivity index (χ3n) is 7.07. The number of fused-ring (bicyclic) bond motifs is 5. The summed E-state index contributed by atoms with van der Waals surface area (Å²) in [6.07, 6.45) is 4.21. The van der Waals surface area contributed by atoms with E-state index >= 15 is 0 Å². The maximum atomic E-state index is 13.1. The first-order valence-corrected chi connectivity index (χ1v) is 9.94. The summed E-state index contributed by atoms with van der Waals surface area (Å²) in [5.41, 5.74) is 5.05. The zero-order valence-corrected chi connectivity index (χ0v) is 15.6. The highest BCUT2D eigenvalue weighted by atomic mass is 16.2. The van der Waals surface area contributed by atoms with E-state index in [4.69, 9.17) is 0 Å². The molecule has 3 fully saturated rings. The fraction of sp³-hybridized carbons (Fsp3) is 0.478. The van der Waals surface area contributed by atoms with Crippen LogP contribution in [0.1, 0.15) is 41.0 Å². The third kappa shape index (κ3) is 2.48. The molecule has 2 bridgehead atoms. The Balaban J connectivity index is 1.40. The van der Waals surface area contributed by atoms with Gasteiger partial charge in [0.05, 0.1) is 0 Å². The third-order valence-corrected chi connectivity index (χ3v) is 7.07. The lowest BCUT2D eigenvalue weighted by Gasteiger charge is -2.22. The van der Waals surface area contributed by atoms with Crippen LogP contribution in [0.15, 0.2) is 36.4 Å². The topological polar surface area (TPSA) is 33.2 Å². The van der Waals surface area contributed by atoms with Crippen molar-refractivity contribution in [3.8, 4) is 11.1 Å². The van der Waals surface area contributed by atoms with Crippen LogP contribution in [0.4, 0.5) is 0 Å². The van der Waals surface area contributed by atoms with Crippen LogP contribution < -0.4 is 0 Å². The van der Waals surface area contributed by atoms with Crippen molar-refractivity contribution in [2.45, 2.75) is 33.1 Å². The number of benzene rings is 1. The highest BCUT2D eigenvalue weighted by molar-refractivity contribution is 5.95. The number of pyridine rings is 1. The molecule has 3 heteroatoms. The Morgan fingerprint density at radius 3 is 2.46 bits per heavy atom. The van der Waals surface area contributed by atoms with Gasteiger partial charge < -0.3 is 4.90 Å². The number of aryl methyl sites for hydroxylation is 2. The SMILES string of the molecule is Cc1ccc(-c2cccc(C(=O)N3C[C@@H]4[C@@H]5CC[C@@H](C5)[C@@H]4C3)c2)c(C)n1. The number of hydrogen-bond donors (Lipinski definition) is 0. The van der Waals surface area contributed by atoms with Crippen LogP contribution in [0.5, 0.6) is 0 Å². The smallest absolute Gasteiger partial charge is 0.253 e. The molecule has 0 radical (unpaired) electrons. The number of aromatic nitrogens is 1. The number of carbonyl (C=O) groups excluding carboxylic acids is 1. The van der Waals surface area contributed by atoms with E-state index in [-0.39, 0.29) is 5.91 Å². The number of amides is 1. The summed E-state index contributed by atoms with van der Waals surface area (Å²) >= 11 is 0. The first-order valence-electron chi connectivity index (χ1n) is 9.94. The fourth-order valence-corrected chi connectivity index (χ4v) is 5.84. The fourth-order valence-electron chi connectivity index (χ4n) is 5.84. The summed E-state index contributed by atoms with van der Waals surface area (Å²) < 4.78 is 0. The molecule has 4 atom stereocenters. The van der Waals surface area contributed by atoms with Crippen LogP contribution in [0, 0.1) is 37.5 Å². The van der Waals surface area contributed by atoms with Crippen molar-refractivity contribution in [3.05, 3.63) is 53.3 Å². The largest absolute Gasteiger partial charge is 0.338 e. The van der Waals surface area contributed by atoms with Crippen molar-refractivity contribution in [3.63, 3.8) is 0 Å². The highest BCUT2D eigenvalue weighted by Gasteiger charge is 2.52. The molecule has 26 heavy (non-hydrogen) atoms. The van der Waals surface area contributed by atoms with Crippen molar-refractivity contribution >= 4 is 5.91 Å². The lowest BCUT2D eigenvalue weighted by molar-refractivity contribution is 0.0776. The maximum Gasteiger partial charge on any atom is 0.253 e. The van der Waals surface area contributed by atoms with Gasteiger partial charge in [-0.05, 0) is 80.5 Å². The van der Waals surface area contributed by atoms with Crippen LogP contribution >= 0.6 is 0 Å². The lowest BCUT2D eigenvalue weighted by atomic mass is 9.82. The van der Waals surface area contributed by atoms with Gasteiger partial charge in [-0.25, -0.2) is 0 Å². The molecule has 0 spiro atoms. The summed E-state index contributed by atoms with van der Waals surface area (Å²) in [7, 11) is 0. The molecule has 0 unspecified atom stereocenters. The first kappa shape index (κ1) is 16.0. The molecule has 5 rings (SSSR count). The quantitative estimate of drug-likeness (QED) is 0.803. The first-order chi connectivity index (χ1) is 12.6. The Bertz CT molecular complexity index is 856. The number of nitrogens with zero attached hydrogens (tertiary/aromatic N) is 2. The van der Waals surface area contributed by atoms with E-state index in [9.17, 15) is 4.79 Å². The van der Waals surface area contributed by atoms with Crippen LogP contribution in [0.2, 0.25) is 0 Å². The molecule has 3 nitrogen and oxygen atoms in total. The van der Waals surface area contributed by atoms with Crippen molar-refractivity contribution in [1.29, 1.82) is 0 Å². The molecule has 1 aromatic heterocycles. The minimum absolute atomic E-state index is 0.207. The number of likely N-dealkylation sites (tertiary alicyclic amines) is 1. The van der Waals surface area contributed by atoms with E-state index in [2.05, 4.69) is 22.0 Å². The lowest BCUT2D eigenvalue weighted by Crippen LogP contribution is -2.30. The molecule has 1 aliphatic heterocycles. The number of rotatable bonds is 2. The molecule has 1 aromatic carbocycles. The summed E-state index contributed by atoms with van der Waals surface area (Å²) in [6, 6.07) is 12.2. The standard InChI is InChI=1S/C23H26N2O/c1-14-6-9-20(15(2)24-14)16-4-3-5-19(11-16)23(26)25-12-21-17-7-8-18(10-17)22(21)13-25/h3-6,9,11,17-18,21-22H,7-8,10,12-13H2,1-2H3/t17-,18+,21-,22+. The molecule has 2 saturated carbocycles. The van der Waals surface area contributed by atoms with E-state index < -0.39 is 0 Å². The summed E-state index contributed by atoms with van der Waals surface area (Å²) in [6.45, 7) is 5.99. The predicted octanol–water partition coefficient (Wildman–Crippen LogP) is 4.48. The van der Waals surface area contributed by atoms with Crippen LogP contribution in [-0.2, 0) is 0 Å². The average Bonchev–Trinajstić information content (AvgIpc) is 3.34. The van der Waals surface area contributed by atoms with Crippen molar-refractivity contribution < 1.29 is 4.79 Å². The van der Waals surface area contributed by atoms with Gasteiger partial charge in [0, 0.05) is 35.6 Å². The molecular formula is C23H26N2O. The van der Waals surface area contributed by atoms with Crippen molar-refractivity contribution in [2.75, 3.05) is 13.1 Å². The maximum absolute atomic E-state index is 13.1. The Kier molecular flexibility index (Phi) is 3.66. The normalized spacial score (nSPS) is 29.2. The second kappa shape index (κ2) is 5.94. The zero-order valence-electron chi connectivity index (χ0n) is 15.6. The summed E-state index contributed by atoms with van der Waals surface area (Å²) in [4.78, 5) is 19.8. The van der Waals surface area contributed by atoms with E-state index in [0.29, 0.717) is 0 Å². The van der Waals surface area contributed by atoms with E-state index in [1.807, 2.05) is 38.1 Å². The molecule has 1 saturated heterocycles. The minimum Gasteiger partial charge on any atom is -0.338 e. The summed E-state index contributed by atoms with van der Waals surface area (Å²) in [5.74, 6) is 3.51. The second-order valence-electron chi connectivity index (χ2n) is 8.54. The van der Waals surface area contributed by atoms with Crippen LogP contribution in [0.3, 0.4) is 0 Å². The Morgan fingerprint density at radius 2 is 1.77 bits per heavy atom. The number of hydrogen-bond acceptors (Lipinski definition) is 2. The van der Waals surface area contributed by atoms with Gasteiger partial charge in [-0.1, -0.05) is 18.2 Å². The molecular weight excluding hydrogens is 320 g/mol. The monoisotopic (exact) mass is 346 g/mol. The Morgan fingerprint density at radius 1 is 1.04 bits per heavy atom. The van der Waals surface area contributed by atoms with Gasteiger partial charge in [0.1, 0.15) is 0 Å². The molecule has 2 aliphatic carbocycles. The highest BCUT2D eigenvalue weighted by Crippen LogP contribution is 2.55. The van der Waals surface area contributed by atoms with Gasteiger partial charge >= 0.3 is 0 Å². The molecule has 2 aromatic rings. The average molecular weight is 346 g/mol. The van der Waals surface area contributed by atoms with Gasteiger partial charge in [-0.15, -0.1) is 0 Å².